The quantitative estimate of drug-likeness (QED) is 0.121. The minimum Gasteiger partial charge on any atom is -0.371 e. The normalized spacial score (nSPS) is 16.5. The number of allylic oxidation sites excluding steroid dienone is 3. The molecule has 3 aliphatic rings. The van der Waals surface area contributed by atoms with Gasteiger partial charge in [-0.25, -0.2) is 0 Å². The van der Waals surface area contributed by atoms with Gasteiger partial charge in [0.15, 0.2) is 0 Å². The van der Waals surface area contributed by atoms with Crippen molar-refractivity contribution in [2.24, 2.45) is 0 Å². The molecule has 0 aromatic heterocycles. The predicted molar refractivity (Wildman–Crippen MR) is 297 cm³/mol. The van der Waals surface area contributed by atoms with E-state index in [0.717, 1.165) is 6.42 Å². The van der Waals surface area contributed by atoms with Crippen LogP contribution in [0.15, 0.2) is 144 Å². The van der Waals surface area contributed by atoms with Gasteiger partial charge in [-0.3, -0.25) is 0 Å². The SMILES string of the molecule is CC1=Cc2c(-c3ccc(COC(C)(C)C)cc3)cccc2C1[Si](C)(C)C1C(C)=Cc2c(-c3ccc(COC(C)(C)C)cc3)cccc21.CC1=Cc2cccc(-c3ccc(COC(C)(C)C)cc3)c2C1. The number of fused-ring (bicyclic) bond motifs is 3. The zero-order valence-electron chi connectivity index (χ0n) is 44.1. The Morgan fingerprint density at radius 3 is 1.16 bits per heavy atom. The predicted octanol–water partition coefficient (Wildman–Crippen LogP) is 17.8. The summed E-state index contributed by atoms with van der Waals surface area (Å²) in [6.45, 7) is 33.0. The van der Waals surface area contributed by atoms with Gasteiger partial charge in [-0.05, 0) is 173 Å². The maximum absolute atomic E-state index is 6.02. The van der Waals surface area contributed by atoms with E-state index in [1.807, 2.05) is 0 Å². The molecular formula is C65H76O3Si. The summed E-state index contributed by atoms with van der Waals surface area (Å²) in [7, 11) is -1.96. The molecule has 0 saturated heterocycles. The first-order valence-corrected chi connectivity index (χ1v) is 28.3. The van der Waals surface area contributed by atoms with Gasteiger partial charge in [0.2, 0.25) is 0 Å². The third-order valence-electron chi connectivity index (χ3n) is 13.9. The second-order valence-electron chi connectivity index (χ2n) is 23.4. The summed E-state index contributed by atoms with van der Waals surface area (Å²) in [4.78, 5) is 0. The van der Waals surface area contributed by atoms with Crippen LogP contribution in [0.4, 0.5) is 0 Å². The van der Waals surface area contributed by atoms with E-state index in [-0.39, 0.29) is 16.8 Å². The first-order chi connectivity index (χ1) is 32.5. The van der Waals surface area contributed by atoms with Crippen molar-refractivity contribution in [3.63, 3.8) is 0 Å². The average Bonchev–Trinajstić information content (AvgIpc) is 3.97. The Balaban J connectivity index is 0.000000243. The van der Waals surface area contributed by atoms with Crippen molar-refractivity contribution in [3.05, 3.63) is 194 Å². The topological polar surface area (TPSA) is 27.7 Å². The van der Waals surface area contributed by atoms with E-state index in [1.54, 1.807) is 0 Å². The lowest BCUT2D eigenvalue weighted by Gasteiger charge is -2.39. The van der Waals surface area contributed by atoms with Crippen molar-refractivity contribution in [1.82, 2.24) is 0 Å². The zero-order chi connectivity index (χ0) is 49.5. The van der Waals surface area contributed by atoms with Crippen LogP contribution in [-0.2, 0) is 40.5 Å². The van der Waals surface area contributed by atoms with Crippen LogP contribution in [0.1, 0.15) is 144 Å². The molecule has 9 rings (SSSR count). The molecule has 0 radical (unpaired) electrons. The molecule has 4 heteroatoms. The Hall–Kier alpha value is -5.36. The van der Waals surface area contributed by atoms with Crippen molar-refractivity contribution < 1.29 is 14.2 Å². The first kappa shape index (κ1) is 50.0. The molecule has 69 heavy (non-hydrogen) atoms. The summed E-state index contributed by atoms with van der Waals surface area (Å²) in [5.41, 5.74) is 25.1. The number of ether oxygens (including phenoxy) is 3. The second-order valence-corrected chi connectivity index (χ2v) is 28.2. The Kier molecular flexibility index (Phi) is 14.4. The summed E-state index contributed by atoms with van der Waals surface area (Å²) in [6.07, 6.45) is 8.33. The summed E-state index contributed by atoms with van der Waals surface area (Å²) in [5, 5.41) is 0. The standard InChI is InChI=1S/C44H52O2Si.C21H24O/c1-29-25-39-35(33-21-17-31(18-22-33)27-45-43(3,4)5)13-11-15-37(39)41(29)47(9,10)42-30(2)26-40-36(14-12-16-38(40)42)34-23-19-32(20-24-34)28-46-44(6,7)8;1-15-12-18-6-5-7-19(20(18)13-15)17-10-8-16(9-11-17)14-22-21(2,3)4/h11-26,41-42H,27-28H2,1-10H3;5-12H,13-14H2,1-4H3. The fourth-order valence-electron chi connectivity index (χ4n) is 10.8. The van der Waals surface area contributed by atoms with Crippen molar-refractivity contribution in [1.29, 1.82) is 0 Å². The molecule has 6 aromatic rings. The summed E-state index contributed by atoms with van der Waals surface area (Å²) in [6, 6.07) is 47.2. The molecule has 0 heterocycles. The van der Waals surface area contributed by atoms with E-state index in [2.05, 4.69) is 242 Å². The molecule has 2 atom stereocenters. The van der Waals surface area contributed by atoms with Gasteiger partial charge < -0.3 is 14.2 Å². The van der Waals surface area contributed by atoms with Crippen LogP contribution in [-0.4, -0.2) is 24.9 Å². The molecule has 0 N–H and O–H groups in total. The molecule has 0 amide bonds. The van der Waals surface area contributed by atoms with Gasteiger partial charge in [-0.1, -0.05) is 175 Å². The van der Waals surface area contributed by atoms with Crippen LogP contribution in [0.3, 0.4) is 0 Å². The van der Waals surface area contributed by atoms with E-state index in [4.69, 9.17) is 14.2 Å². The van der Waals surface area contributed by atoms with E-state index < -0.39 is 8.07 Å². The number of hydrogen-bond donors (Lipinski definition) is 0. The smallest absolute Gasteiger partial charge is 0.0724 e. The van der Waals surface area contributed by atoms with Gasteiger partial charge in [0.1, 0.15) is 0 Å². The van der Waals surface area contributed by atoms with Crippen molar-refractivity contribution in [2.75, 3.05) is 0 Å². The van der Waals surface area contributed by atoms with Gasteiger partial charge in [0.25, 0.3) is 0 Å². The van der Waals surface area contributed by atoms with Gasteiger partial charge >= 0.3 is 0 Å². The average molecular weight is 933 g/mol. The molecule has 0 spiro atoms. The molecule has 0 bridgehead atoms. The number of hydrogen-bond acceptors (Lipinski definition) is 3. The van der Waals surface area contributed by atoms with Gasteiger partial charge in [-0.2, -0.15) is 0 Å². The maximum Gasteiger partial charge on any atom is 0.0724 e. The van der Waals surface area contributed by atoms with Crippen LogP contribution >= 0.6 is 0 Å². The Morgan fingerprint density at radius 2 is 0.783 bits per heavy atom. The fraction of sp³-hybridized carbons (Fsp3) is 0.354. The highest BCUT2D eigenvalue weighted by atomic mass is 28.3. The van der Waals surface area contributed by atoms with Crippen molar-refractivity contribution >= 4 is 26.3 Å². The second kappa shape index (κ2) is 19.8. The van der Waals surface area contributed by atoms with E-state index >= 15 is 0 Å². The lowest BCUT2D eigenvalue weighted by Crippen LogP contribution is -2.42. The lowest BCUT2D eigenvalue weighted by atomic mass is 9.95. The minimum absolute atomic E-state index is 0.0951. The van der Waals surface area contributed by atoms with Gasteiger partial charge in [0.05, 0.1) is 44.7 Å². The maximum atomic E-state index is 6.02. The highest BCUT2D eigenvalue weighted by Crippen LogP contribution is 2.54. The van der Waals surface area contributed by atoms with Crippen molar-refractivity contribution in [2.45, 2.75) is 150 Å². The Morgan fingerprint density at radius 1 is 0.435 bits per heavy atom. The van der Waals surface area contributed by atoms with E-state index in [1.165, 1.54) is 100 Å². The summed E-state index contributed by atoms with van der Waals surface area (Å²) >= 11 is 0. The monoisotopic (exact) mass is 933 g/mol. The van der Waals surface area contributed by atoms with Gasteiger partial charge in [0, 0.05) is 11.1 Å². The van der Waals surface area contributed by atoms with Crippen LogP contribution in [0.2, 0.25) is 13.1 Å². The molecule has 0 fully saturated rings. The van der Waals surface area contributed by atoms with Crippen LogP contribution in [0, 0.1) is 0 Å². The fourth-order valence-corrected chi connectivity index (χ4v) is 15.7. The highest BCUT2D eigenvalue weighted by molar-refractivity contribution is 6.81. The summed E-state index contributed by atoms with van der Waals surface area (Å²) in [5.74, 6) is 0. The zero-order valence-corrected chi connectivity index (χ0v) is 45.1. The van der Waals surface area contributed by atoms with E-state index in [0.29, 0.717) is 30.9 Å². The molecule has 0 saturated carbocycles. The number of benzene rings is 6. The molecular weight excluding hydrogens is 857 g/mol. The third-order valence-corrected chi connectivity index (χ3v) is 18.4. The molecule has 6 aromatic carbocycles. The first-order valence-electron chi connectivity index (χ1n) is 25.2. The highest BCUT2D eigenvalue weighted by Gasteiger charge is 2.47. The Bertz CT molecular complexity index is 2750. The van der Waals surface area contributed by atoms with Crippen molar-refractivity contribution in [3.8, 4) is 33.4 Å². The summed E-state index contributed by atoms with van der Waals surface area (Å²) < 4.78 is 17.9. The van der Waals surface area contributed by atoms with Crippen LogP contribution in [0.5, 0.6) is 0 Å². The number of rotatable bonds is 11. The third kappa shape index (κ3) is 11.6. The molecule has 0 aliphatic heterocycles. The van der Waals surface area contributed by atoms with Gasteiger partial charge in [-0.15, -0.1) is 0 Å². The molecule has 3 nitrogen and oxygen atoms in total. The van der Waals surface area contributed by atoms with Crippen LogP contribution < -0.4 is 0 Å². The van der Waals surface area contributed by atoms with Crippen LogP contribution in [0.25, 0.3) is 51.6 Å². The Labute approximate surface area is 416 Å². The van der Waals surface area contributed by atoms with E-state index in [9.17, 15) is 0 Å². The molecule has 2 unspecified atom stereocenters. The molecule has 358 valence electrons. The minimum atomic E-state index is -1.96. The molecule has 3 aliphatic carbocycles. The largest absolute Gasteiger partial charge is 0.371 e. The lowest BCUT2D eigenvalue weighted by molar-refractivity contribution is -0.0152.